The normalized spacial score (nSPS) is 12.5. The topological polar surface area (TPSA) is 74.8 Å². The third-order valence-corrected chi connectivity index (χ3v) is 4.40. The second-order valence-electron chi connectivity index (χ2n) is 5.64. The summed E-state index contributed by atoms with van der Waals surface area (Å²) in [6.45, 7) is 2.20. The average Bonchev–Trinajstić information content (AvgIpc) is 3.16. The lowest BCUT2D eigenvalue weighted by Crippen LogP contribution is -2.23. The van der Waals surface area contributed by atoms with Gasteiger partial charge in [-0.2, -0.15) is 0 Å². The molecule has 3 rings (SSSR count). The summed E-state index contributed by atoms with van der Waals surface area (Å²) in [6, 6.07) is 10.7. The van der Waals surface area contributed by atoms with Gasteiger partial charge in [-0.25, -0.2) is 9.79 Å². The lowest BCUT2D eigenvalue weighted by Gasteiger charge is -2.11. The van der Waals surface area contributed by atoms with Crippen LogP contribution in [0.3, 0.4) is 0 Å². The molecule has 27 heavy (non-hydrogen) atoms. The molecular formula is C18H19Cl3N4O2. The van der Waals surface area contributed by atoms with Gasteiger partial charge in [0.15, 0.2) is 5.96 Å². The Bertz CT molecular complexity index is 810. The van der Waals surface area contributed by atoms with Gasteiger partial charge in [-0.15, -0.1) is 12.4 Å². The molecule has 0 spiro atoms. The SMILES string of the molecule is COC(=O)c1ccc(CNc2cc(Cl)c(N=C3NCCN3)c(Cl)c2)cc1.Cl. The zero-order chi connectivity index (χ0) is 18.5. The van der Waals surface area contributed by atoms with Crippen molar-refractivity contribution in [2.24, 2.45) is 4.99 Å². The molecule has 0 saturated carbocycles. The third kappa shape index (κ3) is 5.42. The van der Waals surface area contributed by atoms with Gasteiger partial charge in [0, 0.05) is 25.3 Å². The van der Waals surface area contributed by atoms with E-state index in [1.165, 1.54) is 7.11 Å². The molecule has 9 heteroatoms. The molecule has 1 heterocycles. The zero-order valence-electron chi connectivity index (χ0n) is 14.5. The highest BCUT2D eigenvalue weighted by Crippen LogP contribution is 2.36. The van der Waals surface area contributed by atoms with Crippen LogP contribution in [0.1, 0.15) is 15.9 Å². The zero-order valence-corrected chi connectivity index (χ0v) is 16.8. The van der Waals surface area contributed by atoms with Crippen molar-refractivity contribution in [3.05, 3.63) is 57.6 Å². The van der Waals surface area contributed by atoms with E-state index in [0.717, 1.165) is 24.3 Å². The van der Waals surface area contributed by atoms with E-state index in [-0.39, 0.29) is 18.4 Å². The van der Waals surface area contributed by atoms with E-state index in [1.807, 2.05) is 12.1 Å². The van der Waals surface area contributed by atoms with E-state index in [9.17, 15) is 4.79 Å². The minimum atomic E-state index is -0.355. The maximum absolute atomic E-state index is 11.4. The fraction of sp³-hybridized carbons (Fsp3) is 0.222. The van der Waals surface area contributed by atoms with Crippen molar-refractivity contribution in [1.29, 1.82) is 0 Å². The third-order valence-electron chi connectivity index (χ3n) is 3.82. The molecule has 0 bridgehead atoms. The van der Waals surface area contributed by atoms with Crippen molar-refractivity contribution in [2.45, 2.75) is 6.54 Å². The molecule has 2 aromatic rings. The molecule has 0 radical (unpaired) electrons. The van der Waals surface area contributed by atoms with Gasteiger partial charge in [0.2, 0.25) is 0 Å². The van der Waals surface area contributed by atoms with Crippen LogP contribution in [-0.4, -0.2) is 32.1 Å². The largest absolute Gasteiger partial charge is 0.465 e. The molecule has 6 nitrogen and oxygen atoms in total. The van der Waals surface area contributed by atoms with Crippen molar-refractivity contribution in [1.82, 2.24) is 10.6 Å². The number of hydrogen-bond donors (Lipinski definition) is 3. The number of halogens is 3. The number of benzene rings is 2. The predicted molar refractivity (Wildman–Crippen MR) is 112 cm³/mol. The van der Waals surface area contributed by atoms with Crippen LogP contribution in [-0.2, 0) is 11.3 Å². The summed E-state index contributed by atoms with van der Waals surface area (Å²) in [5.74, 6) is 0.312. The number of methoxy groups -OCH3 is 1. The summed E-state index contributed by atoms with van der Waals surface area (Å²) in [4.78, 5) is 15.9. The number of hydrogen-bond acceptors (Lipinski definition) is 4. The summed E-state index contributed by atoms with van der Waals surface area (Å²) >= 11 is 12.7. The highest BCUT2D eigenvalue weighted by molar-refractivity contribution is 6.39. The summed E-state index contributed by atoms with van der Waals surface area (Å²) in [5.41, 5.74) is 2.83. The maximum atomic E-state index is 11.4. The molecule has 0 aliphatic carbocycles. The van der Waals surface area contributed by atoms with Crippen LogP contribution in [0.4, 0.5) is 11.4 Å². The first-order valence-electron chi connectivity index (χ1n) is 8.03. The number of anilines is 1. The van der Waals surface area contributed by atoms with E-state index in [1.54, 1.807) is 24.3 Å². The number of esters is 1. The van der Waals surface area contributed by atoms with Gasteiger partial charge >= 0.3 is 5.97 Å². The van der Waals surface area contributed by atoms with Crippen LogP contribution in [0.2, 0.25) is 10.0 Å². The van der Waals surface area contributed by atoms with E-state index < -0.39 is 0 Å². The van der Waals surface area contributed by atoms with Gasteiger partial charge in [0.25, 0.3) is 0 Å². The van der Waals surface area contributed by atoms with Crippen molar-refractivity contribution in [3.8, 4) is 0 Å². The molecule has 3 N–H and O–H groups in total. The van der Waals surface area contributed by atoms with E-state index >= 15 is 0 Å². The van der Waals surface area contributed by atoms with Crippen LogP contribution in [0.15, 0.2) is 41.4 Å². The quantitative estimate of drug-likeness (QED) is 0.627. The molecule has 0 unspecified atom stereocenters. The molecule has 1 fully saturated rings. The Morgan fingerprint density at radius 2 is 1.74 bits per heavy atom. The van der Waals surface area contributed by atoms with Gasteiger partial charge in [-0.3, -0.25) is 0 Å². The molecule has 1 aliphatic rings. The van der Waals surface area contributed by atoms with Gasteiger partial charge in [0.05, 0.1) is 22.7 Å². The molecule has 0 aromatic heterocycles. The number of carbonyl (C=O) groups excluding carboxylic acids is 1. The van der Waals surface area contributed by atoms with Crippen molar-refractivity contribution >= 4 is 58.9 Å². The Morgan fingerprint density at radius 1 is 1.15 bits per heavy atom. The Labute approximate surface area is 173 Å². The van der Waals surface area contributed by atoms with Crippen molar-refractivity contribution < 1.29 is 9.53 Å². The lowest BCUT2D eigenvalue weighted by atomic mass is 10.1. The Hall–Kier alpha value is -2.15. The van der Waals surface area contributed by atoms with Crippen molar-refractivity contribution in [3.63, 3.8) is 0 Å². The number of ether oxygens (including phenoxy) is 1. The molecule has 144 valence electrons. The van der Waals surface area contributed by atoms with E-state index in [4.69, 9.17) is 23.2 Å². The minimum absolute atomic E-state index is 0. The van der Waals surface area contributed by atoms with Crippen LogP contribution in [0, 0.1) is 0 Å². The second kappa shape index (κ2) is 9.69. The minimum Gasteiger partial charge on any atom is -0.465 e. The van der Waals surface area contributed by atoms with E-state index in [2.05, 4.69) is 25.7 Å². The smallest absolute Gasteiger partial charge is 0.337 e. The highest BCUT2D eigenvalue weighted by Gasteiger charge is 2.12. The number of aliphatic imine (C=N–C) groups is 1. The number of nitrogens with zero attached hydrogens (tertiary/aromatic N) is 1. The number of nitrogens with one attached hydrogen (secondary N) is 3. The number of guanidine groups is 1. The summed E-state index contributed by atoms with van der Waals surface area (Å²) in [7, 11) is 1.36. The standard InChI is InChI=1S/C18H18Cl2N4O2.ClH/c1-26-17(25)12-4-2-11(3-5-12)10-23-13-8-14(19)16(15(20)9-13)24-18-21-6-7-22-18;/h2-5,8-9,23H,6-7,10H2,1H3,(H2,21,22,24);1H. The Balaban J connectivity index is 0.00000261. The highest BCUT2D eigenvalue weighted by atomic mass is 35.5. The van der Waals surface area contributed by atoms with Gasteiger partial charge in [-0.05, 0) is 29.8 Å². The molecule has 0 atom stereocenters. The van der Waals surface area contributed by atoms with Crippen LogP contribution >= 0.6 is 35.6 Å². The fourth-order valence-corrected chi connectivity index (χ4v) is 3.04. The summed E-state index contributed by atoms with van der Waals surface area (Å²) in [5, 5.41) is 10.4. The van der Waals surface area contributed by atoms with Gasteiger partial charge in [-0.1, -0.05) is 35.3 Å². The Kier molecular flexibility index (Phi) is 7.59. The molecule has 0 amide bonds. The molecule has 1 aliphatic heterocycles. The molecule has 2 aromatic carbocycles. The molecule has 1 saturated heterocycles. The van der Waals surface area contributed by atoms with Crippen LogP contribution in [0.25, 0.3) is 0 Å². The van der Waals surface area contributed by atoms with Gasteiger partial charge < -0.3 is 20.7 Å². The monoisotopic (exact) mass is 428 g/mol. The van der Waals surface area contributed by atoms with E-state index in [0.29, 0.717) is 33.8 Å². The van der Waals surface area contributed by atoms with Crippen molar-refractivity contribution in [2.75, 3.05) is 25.5 Å². The summed E-state index contributed by atoms with van der Waals surface area (Å²) in [6.07, 6.45) is 0. The first-order chi connectivity index (χ1) is 12.6. The molecular weight excluding hydrogens is 411 g/mol. The first-order valence-corrected chi connectivity index (χ1v) is 8.79. The first kappa shape index (κ1) is 21.2. The fourth-order valence-electron chi connectivity index (χ4n) is 2.47. The predicted octanol–water partition coefficient (Wildman–Crippen LogP) is 3.99. The second-order valence-corrected chi connectivity index (χ2v) is 6.46. The summed E-state index contributed by atoms with van der Waals surface area (Å²) < 4.78 is 4.69. The number of rotatable bonds is 5. The number of carbonyl (C=O) groups is 1. The Morgan fingerprint density at radius 3 is 2.30 bits per heavy atom. The van der Waals surface area contributed by atoms with Crippen LogP contribution in [0.5, 0.6) is 0 Å². The average molecular weight is 430 g/mol. The lowest BCUT2D eigenvalue weighted by molar-refractivity contribution is 0.0600. The maximum Gasteiger partial charge on any atom is 0.337 e. The van der Waals surface area contributed by atoms with Gasteiger partial charge in [0.1, 0.15) is 5.69 Å². The van der Waals surface area contributed by atoms with Crippen LogP contribution < -0.4 is 16.0 Å².